The number of ether oxygens (including phenoxy) is 1. The summed E-state index contributed by atoms with van der Waals surface area (Å²) in [5, 5.41) is 9.61. The topological polar surface area (TPSA) is 65.9 Å². The molecule has 0 spiro atoms. The molecule has 42 heavy (non-hydrogen) atoms. The summed E-state index contributed by atoms with van der Waals surface area (Å²) >= 11 is 0. The van der Waals surface area contributed by atoms with Crippen molar-refractivity contribution in [3.05, 3.63) is 89.7 Å². The molecule has 1 aromatic heterocycles. The standard InChI is InChI=1S/C30H31F6N3O3/c1-20(2)42-27(40)26-19-38(17-22-11-13-37-14-12-22)15-16-39(26)18-21-3-5-23(6-4-21)24-7-9-25(10-8-24)28(41,29(31,32)33)30(34,35)36/h3-14,20,26,41H,15-19H2,1-2H3/t26-/m1/s1. The Hall–Kier alpha value is -3.48. The van der Waals surface area contributed by atoms with Crippen LogP contribution in [-0.2, 0) is 28.2 Å². The molecule has 1 atom stereocenters. The molecule has 1 N–H and O–H groups in total. The number of carbonyl (C=O) groups is 1. The molecule has 3 aromatic rings. The van der Waals surface area contributed by atoms with Gasteiger partial charge in [0.05, 0.1) is 6.10 Å². The summed E-state index contributed by atoms with van der Waals surface area (Å²) in [6, 6.07) is 13.8. The monoisotopic (exact) mass is 595 g/mol. The number of alkyl halides is 6. The van der Waals surface area contributed by atoms with Crippen LogP contribution in [0.4, 0.5) is 26.3 Å². The number of pyridine rings is 1. The third-order valence-corrected chi connectivity index (χ3v) is 7.15. The van der Waals surface area contributed by atoms with E-state index in [2.05, 4.69) is 9.88 Å². The van der Waals surface area contributed by atoms with Crippen LogP contribution < -0.4 is 0 Å². The first-order valence-corrected chi connectivity index (χ1v) is 13.3. The molecule has 1 aliphatic heterocycles. The Morgan fingerprint density at radius 2 is 1.38 bits per heavy atom. The summed E-state index contributed by atoms with van der Waals surface area (Å²) < 4.78 is 84.7. The maximum atomic E-state index is 13.2. The second-order valence-corrected chi connectivity index (χ2v) is 10.5. The minimum atomic E-state index is -5.95. The van der Waals surface area contributed by atoms with E-state index in [9.17, 15) is 36.2 Å². The zero-order valence-corrected chi connectivity index (χ0v) is 23.0. The first-order chi connectivity index (χ1) is 19.7. The maximum Gasteiger partial charge on any atom is 0.430 e. The van der Waals surface area contributed by atoms with Crippen LogP contribution in [0.25, 0.3) is 11.1 Å². The fourth-order valence-electron chi connectivity index (χ4n) is 4.92. The Balaban J connectivity index is 1.48. The molecule has 1 fully saturated rings. The molecule has 4 rings (SSSR count). The van der Waals surface area contributed by atoms with Crippen LogP contribution in [0.2, 0.25) is 0 Å². The molecule has 0 aliphatic carbocycles. The van der Waals surface area contributed by atoms with Crippen molar-refractivity contribution in [3.63, 3.8) is 0 Å². The lowest BCUT2D eigenvalue weighted by molar-refractivity contribution is -0.376. The minimum absolute atomic E-state index is 0.274. The van der Waals surface area contributed by atoms with E-state index >= 15 is 0 Å². The van der Waals surface area contributed by atoms with Crippen molar-refractivity contribution < 1.29 is 41.0 Å². The number of rotatable bonds is 8. The van der Waals surface area contributed by atoms with Gasteiger partial charge in [-0.25, -0.2) is 0 Å². The number of hydrogen-bond acceptors (Lipinski definition) is 6. The molecular formula is C30H31F6N3O3. The summed E-state index contributed by atoms with van der Waals surface area (Å²) in [6.45, 7) is 6.48. The Bertz CT molecular complexity index is 1320. The summed E-state index contributed by atoms with van der Waals surface area (Å²) in [6.07, 6.45) is -8.72. The largest absolute Gasteiger partial charge is 0.462 e. The Morgan fingerprint density at radius 3 is 1.90 bits per heavy atom. The Kier molecular flexibility index (Phi) is 9.29. The molecule has 0 saturated carbocycles. The Morgan fingerprint density at radius 1 is 0.857 bits per heavy atom. The number of piperazine rings is 1. The summed E-state index contributed by atoms with van der Waals surface area (Å²) in [5.74, 6) is -0.321. The van der Waals surface area contributed by atoms with Gasteiger partial charge in [0.2, 0.25) is 0 Å². The first kappa shape index (κ1) is 31.5. The zero-order chi connectivity index (χ0) is 30.7. The predicted octanol–water partition coefficient (Wildman–Crippen LogP) is 5.70. The van der Waals surface area contributed by atoms with Gasteiger partial charge >= 0.3 is 18.3 Å². The van der Waals surface area contributed by atoms with Crippen LogP contribution in [0.5, 0.6) is 0 Å². The molecule has 12 heteroatoms. The van der Waals surface area contributed by atoms with Gasteiger partial charge in [-0.15, -0.1) is 0 Å². The molecule has 6 nitrogen and oxygen atoms in total. The van der Waals surface area contributed by atoms with Gasteiger partial charge < -0.3 is 9.84 Å². The van der Waals surface area contributed by atoms with Gasteiger partial charge in [-0.2, -0.15) is 26.3 Å². The molecule has 2 heterocycles. The fourth-order valence-corrected chi connectivity index (χ4v) is 4.92. The second-order valence-electron chi connectivity index (χ2n) is 10.5. The normalized spacial score (nSPS) is 17.4. The SMILES string of the molecule is CC(C)OC(=O)[C@H]1CN(Cc2ccncc2)CCN1Cc1ccc(-c2ccc(C(O)(C(F)(F)F)C(F)(F)F)cc2)cc1. The molecule has 0 bridgehead atoms. The van der Waals surface area contributed by atoms with Crippen LogP contribution in [0.15, 0.2) is 73.1 Å². The average molecular weight is 596 g/mol. The van der Waals surface area contributed by atoms with E-state index in [0.29, 0.717) is 49.4 Å². The summed E-state index contributed by atoms with van der Waals surface area (Å²) in [4.78, 5) is 21.3. The lowest BCUT2D eigenvalue weighted by Gasteiger charge is -2.40. The van der Waals surface area contributed by atoms with E-state index in [-0.39, 0.29) is 12.1 Å². The van der Waals surface area contributed by atoms with Crippen LogP contribution >= 0.6 is 0 Å². The van der Waals surface area contributed by atoms with Crippen molar-refractivity contribution in [2.45, 2.75) is 57.0 Å². The summed E-state index contributed by atoms with van der Waals surface area (Å²) in [7, 11) is 0. The number of carbonyl (C=O) groups excluding carboxylic acids is 1. The quantitative estimate of drug-likeness (QED) is 0.266. The number of halogens is 6. The number of hydrogen-bond donors (Lipinski definition) is 1. The highest BCUT2D eigenvalue weighted by molar-refractivity contribution is 5.76. The number of aliphatic hydroxyl groups is 1. The van der Waals surface area contributed by atoms with E-state index in [0.717, 1.165) is 29.8 Å². The van der Waals surface area contributed by atoms with E-state index in [1.165, 1.54) is 0 Å². The maximum absolute atomic E-state index is 13.2. The lowest BCUT2D eigenvalue weighted by atomic mass is 9.90. The molecule has 226 valence electrons. The number of nitrogens with zero attached hydrogens (tertiary/aromatic N) is 3. The molecule has 1 aliphatic rings. The summed E-state index contributed by atoms with van der Waals surface area (Å²) in [5.41, 5.74) is -3.41. The van der Waals surface area contributed by atoms with Gasteiger partial charge in [0.1, 0.15) is 6.04 Å². The number of esters is 1. The van der Waals surface area contributed by atoms with E-state index in [4.69, 9.17) is 4.74 Å². The van der Waals surface area contributed by atoms with E-state index in [1.807, 2.05) is 17.0 Å². The van der Waals surface area contributed by atoms with Gasteiger partial charge in [0.25, 0.3) is 5.60 Å². The highest BCUT2D eigenvalue weighted by Gasteiger charge is 2.71. The van der Waals surface area contributed by atoms with Crippen LogP contribution in [0.1, 0.15) is 30.5 Å². The molecular weight excluding hydrogens is 564 g/mol. The fraction of sp³-hybridized carbons (Fsp3) is 0.400. The molecule has 0 unspecified atom stereocenters. The molecule has 1 saturated heterocycles. The van der Waals surface area contributed by atoms with Crippen molar-refractivity contribution in [2.75, 3.05) is 19.6 Å². The molecule has 2 aromatic carbocycles. The van der Waals surface area contributed by atoms with Crippen molar-refractivity contribution in [2.24, 2.45) is 0 Å². The van der Waals surface area contributed by atoms with Gasteiger partial charge in [-0.1, -0.05) is 48.5 Å². The third-order valence-electron chi connectivity index (χ3n) is 7.15. The van der Waals surface area contributed by atoms with Crippen LogP contribution in [0, 0.1) is 0 Å². The van der Waals surface area contributed by atoms with Gasteiger partial charge in [-0.05, 0) is 48.2 Å². The minimum Gasteiger partial charge on any atom is -0.462 e. The third kappa shape index (κ3) is 6.93. The smallest absolute Gasteiger partial charge is 0.430 e. The van der Waals surface area contributed by atoms with Crippen LogP contribution in [0.3, 0.4) is 0 Å². The van der Waals surface area contributed by atoms with Crippen molar-refractivity contribution in [1.82, 2.24) is 14.8 Å². The van der Waals surface area contributed by atoms with Crippen molar-refractivity contribution >= 4 is 5.97 Å². The number of aromatic nitrogens is 1. The van der Waals surface area contributed by atoms with Crippen molar-refractivity contribution in [3.8, 4) is 11.1 Å². The first-order valence-electron chi connectivity index (χ1n) is 13.3. The second kappa shape index (κ2) is 12.4. The Labute approximate surface area is 239 Å². The highest BCUT2D eigenvalue weighted by atomic mass is 19.4. The van der Waals surface area contributed by atoms with Crippen molar-refractivity contribution in [1.29, 1.82) is 0 Å². The lowest BCUT2D eigenvalue weighted by Crippen LogP contribution is -2.56. The molecule has 0 radical (unpaired) electrons. The predicted molar refractivity (Wildman–Crippen MR) is 143 cm³/mol. The van der Waals surface area contributed by atoms with Gasteiger partial charge in [-0.3, -0.25) is 19.6 Å². The number of benzene rings is 2. The van der Waals surface area contributed by atoms with Gasteiger partial charge in [0.15, 0.2) is 0 Å². The molecule has 0 amide bonds. The zero-order valence-electron chi connectivity index (χ0n) is 23.0. The van der Waals surface area contributed by atoms with E-state index < -0.39 is 29.6 Å². The average Bonchev–Trinajstić information content (AvgIpc) is 2.93. The highest BCUT2D eigenvalue weighted by Crippen LogP contribution is 2.50. The van der Waals surface area contributed by atoms with Gasteiger partial charge in [0, 0.05) is 50.7 Å². The van der Waals surface area contributed by atoms with E-state index in [1.54, 1.807) is 50.5 Å². The van der Waals surface area contributed by atoms with Crippen LogP contribution in [-0.4, -0.2) is 70.0 Å².